The van der Waals surface area contributed by atoms with Crippen LogP contribution in [0.15, 0.2) is 12.7 Å². The third kappa shape index (κ3) is 3.29. The van der Waals surface area contributed by atoms with Gasteiger partial charge in [-0.05, 0) is 19.3 Å². The standard InChI is InChI=1S/C10H19NO3S/c1-4-5-8(2)9(3)15(12,13)11-10-6-7-14-10/h4,8-11H,1,5-7H2,2-3H3/t8-,9-,10-/m0/s1. The Morgan fingerprint density at radius 1 is 1.60 bits per heavy atom. The Morgan fingerprint density at radius 2 is 2.20 bits per heavy atom. The predicted octanol–water partition coefficient (Wildman–Crippen LogP) is 1.25. The van der Waals surface area contributed by atoms with E-state index in [2.05, 4.69) is 11.3 Å². The third-order valence-corrected chi connectivity index (χ3v) is 4.86. The van der Waals surface area contributed by atoms with Crippen LogP contribution in [0.3, 0.4) is 0 Å². The van der Waals surface area contributed by atoms with Crippen molar-refractivity contribution < 1.29 is 13.2 Å². The number of hydrogen-bond acceptors (Lipinski definition) is 3. The summed E-state index contributed by atoms with van der Waals surface area (Å²) in [5.41, 5.74) is 0. The number of hydrogen-bond donors (Lipinski definition) is 1. The Hall–Kier alpha value is -0.390. The molecule has 0 radical (unpaired) electrons. The predicted molar refractivity (Wildman–Crippen MR) is 59.9 cm³/mol. The average Bonchev–Trinajstić information content (AvgIpc) is 2.11. The van der Waals surface area contributed by atoms with Gasteiger partial charge in [0, 0.05) is 6.42 Å². The van der Waals surface area contributed by atoms with Crippen LogP contribution in [-0.4, -0.2) is 26.5 Å². The van der Waals surface area contributed by atoms with Gasteiger partial charge in [-0.25, -0.2) is 8.42 Å². The maximum absolute atomic E-state index is 11.8. The van der Waals surface area contributed by atoms with E-state index in [1.807, 2.05) is 6.92 Å². The van der Waals surface area contributed by atoms with Crippen molar-refractivity contribution in [3.05, 3.63) is 12.7 Å². The van der Waals surface area contributed by atoms with Gasteiger partial charge in [0.25, 0.3) is 0 Å². The minimum atomic E-state index is -3.26. The lowest BCUT2D eigenvalue weighted by Crippen LogP contribution is -2.48. The molecular formula is C10H19NO3S. The summed E-state index contributed by atoms with van der Waals surface area (Å²) in [4.78, 5) is 0. The molecule has 1 saturated heterocycles. The fourth-order valence-corrected chi connectivity index (χ4v) is 2.87. The van der Waals surface area contributed by atoms with E-state index in [9.17, 15) is 8.42 Å². The lowest BCUT2D eigenvalue weighted by molar-refractivity contribution is -0.0567. The van der Waals surface area contributed by atoms with Crippen molar-refractivity contribution in [2.75, 3.05) is 6.61 Å². The van der Waals surface area contributed by atoms with Crippen molar-refractivity contribution in [3.8, 4) is 0 Å². The summed E-state index contributed by atoms with van der Waals surface area (Å²) in [6.07, 6.45) is 2.90. The van der Waals surface area contributed by atoms with E-state index in [0.717, 1.165) is 6.42 Å². The van der Waals surface area contributed by atoms with Crippen LogP contribution >= 0.6 is 0 Å². The highest BCUT2D eigenvalue weighted by Crippen LogP contribution is 2.18. The topological polar surface area (TPSA) is 55.4 Å². The van der Waals surface area contributed by atoms with E-state index in [1.165, 1.54) is 0 Å². The molecule has 0 saturated carbocycles. The number of nitrogens with one attached hydrogen (secondary N) is 1. The molecule has 15 heavy (non-hydrogen) atoms. The molecule has 1 rings (SSSR count). The number of ether oxygens (including phenoxy) is 1. The Morgan fingerprint density at radius 3 is 2.60 bits per heavy atom. The lowest BCUT2D eigenvalue weighted by Gasteiger charge is -2.29. The molecule has 0 unspecified atom stereocenters. The Labute approximate surface area is 91.8 Å². The minimum absolute atomic E-state index is 0.0695. The molecule has 1 fully saturated rings. The highest BCUT2D eigenvalue weighted by atomic mass is 32.2. The zero-order chi connectivity index (χ0) is 11.5. The Kier molecular flexibility index (Phi) is 4.31. The summed E-state index contributed by atoms with van der Waals surface area (Å²) >= 11 is 0. The van der Waals surface area contributed by atoms with Crippen molar-refractivity contribution in [1.82, 2.24) is 4.72 Å². The normalized spacial score (nSPS) is 25.3. The number of rotatable bonds is 6. The molecule has 1 aliphatic heterocycles. The van der Waals surface area contributed by atoms with E-state index in [4.69, 9.17) is 4.74 Å². The van der Waals surface area contributed by atoms with Crippen LogP contribution in [0.5, 0.6) is 0 Å². The Bertz CT molecular complexity index is 309. The molecule has 0 aromatic carbocycles. The van der Waals surface area contributed by atoms with Crippen molar-refractivity contribution in [2.24, 2.45) is 5.92 Å². The average molecular weight is 233 g/mol. The van der Waals surface area contributed by atoms with Gasteiger partial charge in [0.15, 0.2) is 0 Å². The molecular weight excluding hydrogens is 214 g/mol. The van der Waals surface area contributed by atoms with Crippen LogP contribution in [0, 0.1) is 5.92 Å². The van der Waals surface area contributed by atoms with Gasteiger partial charge >= 0.3 is 0 Å². The summed E-state index contributed by atoms with van der Waals surface area (Å²) < 4.78 is 31.2. The molecule has 1 N–H and O–H groups in total. The van der Waals surface area contributed by atoms with Gasteiger partial charge < -0.3 is 4.74 Å². The first kappa shape index (κ1) is 12.7. The maximum atomic E-state index is 11.8. The molecule has 88 valence electrons. The second-order valence-corrected chi connectivity index (χ2v) is 6.09. The molecule has 0 amide bonds. The molecule has 0 aromatic rings. The van der Waals surface area contributed by atoms with Gasteiger partial charge in [-0.3, -0.25) is 0 Å². The molecule has 1 aliphatic rings. The number of allylic oxidation sites excluding steroid dienone is 1. The summed E-state index contributed by atoms with van der Waals surface area (Å²) in [5, 5.41) is -0.417. The largest absolute Gasteiger partial charge is 0.362 e. The van der Waals surface area contributed by atoms with Crippen LogP contribution in [0.1, 0.15) is 26.7 Å². The molecule has 5 heteroatoms. The van der Waals surface area contributed by atoms with Crippen molar-refractivity contribution in [3.63, 3.8) is 0 Å². The second kappa shape index (κ2) is 5.09. The first-order chi connectivity index (χ1) is 6.97. The third-order valence-electron chi connectivity index (χ3n) is 2.82. The summed E-state index contributed by atoms with van der Waals surface area (Å²) in [5.74, 6) is 0.0695. The van der Waals surface area contributed by atoms with Gasteiger partial charge in [0.2, 0.25) is 10.0 Å². The van der Waals surface area contributed by atoms with Crippen molar-refractivity contribution in [1.29, 1.82) is 0 Å². The zero-order valence-electron chi connectivity index (χ0n) is 9.27. The van der Waals surface area contributed by atoms with E-state index < -0.39 is 15.3 Å². The summed E-state index contributed by atoms with van der Waals surface area (Å²) in [6.45, 7) is 7.88. The van der Waals surface area contributed by atoms with Crippen molar-refractivity contribution >= 4 is 10.0 Å². The van der Waals surface area contributed by atoms with E-state index in [1.54, 1.807) is 13.0 Å². The summed E-state index contributed by atoms with van der Waals surface area (Å²) in [6, 6.07) is 0. The first-order valence-corrected chi connectivity index (χ1v) is 6.75. The highest BCUT2D eigenvalue weighted by Gasteiger charge is 2.30. The van der Waals surface area contributed by atoms with Crippen LogP contribution in [0.2, 0.25) is 0 Å². The Balaban J connectivity index is 2.54. The smallest absolute Gasteiger partial charge is 0.216 e. The van der Waals surface area contributed by atoms with Crippen molar-refractivity contribution in [2.45, 2.75) is 38.2 Å². The SMILES string of the molecule is C=CC[C@H](C)[C@H](C)S(=O)(=O)N[C@@H]1CCO1. The molecule has 0 aromatic heterocycles. The highest BCUT2D eigenvalue weighted by molar-refractivity contribution is 7.90. The van der Waals surface area contributed by atoms with Crippen LogP contribution in [0.25, 0.3) is 0 Å². The molecule has 1 heterocycles. The van der Waals surface area contributed by atoms with E-state index in [0.29, 0.717) is 13.0 Å². The summed E-state index contributed by atoms with van der Waals surface area (Å²) in [7, 11) is -3.26. The van der Waals surface area contributed by atoms with Gasteiger partial charge in [-0.15, -0.1) is 6.58 Å². The van der Waals surface area contributed by atoms with E-state index in [-0.39, 0.29) is 12.1 Å². The molecule has 4 nitrogen and oxygen atoms in total. The van der Waals surface area contributed by atoms with Gasteiger partial charge in [-0.1, -0.05) is 13.0 Å². The van der Waals surface area contributed by atoms with Gasteiger partial charge in [-0.2, -0.15) is 4.72 Å². The monoisotopic (exact) mass is 233 g/mol. The van der Waals surface area contributed by atoms with Crippen LogP contribution in [-0.2, 0) is 14.8 Å². The quantitative estimate of drug-likeness (QED) is 0.703. The second-order valence-electron chi connectivity index (χ2n) is 4.02. The fraction of sp³-hybridized carbons (Fsp3) is 0.800. The zero-order valence-corrected chi connectivity index (χ0v) is 10.1. The molecule has 0 aliphatic carbocycles. The molecule has 3 atom stereocenters. The number of sulfonamides is 1. The van der Waals surface area contributed by atoms with Crippen LogP contribution < -0.4 is 4.72 Å². The molecule has 0 spiro atoms. The minimum Gasteiger partial charge on any atom is -0.362 e. The van der Waals surface area contributed by atoms with Gasteiger partial charge in [0.05, 0.1) is 11.9 Å². The lowest BCUT2D eigenvalue weighted by atomic mass is 10.1. The first-order valence-electron chi connectivity index (χ1n) is 5.21. The molecule has 0 bridgehead atoms. The van der Waals surface area contributed by atoms with Crippen LogP contribution in [0.4, 0.5) is 0 Å². The van der Waals surface area contributed by atoms with E-state index >= 15 is 0 Å². The maximum Gasteiger partial charge on any atom is 0.216 e. The van der Waals surface area contributed by atoms with Gasteiger partial charge in [0.1, 0.15) is 6.23 Å². The fourth-order valence-electron chi connectivity index (χ4n) is 1.38.